The van der Waals surface area contributed by atoms with Crippen LogP contribution in [-0.2, 0) is 0 Å². The summed E-state index contributed by atoms with van der Waals surface area (Å²) in [4.78, 5) is 25.0. The Morgan fingerprint density at radius 2 is 2.18 bits per heavy atom. The number of aromatic nitrogens is 1. The normalized spacial score (nSPS) is 18.1. The van der Waals surface area contributed by atoms with Crippen LogP contribution < -0.4 is 16.2 Å². The van der Waals surface area contributed by atoms with E-state index in [1.165, 1.54) is 12.1 Å². The molecule has 3 heterocycles. The Balaban J connectivity index is 2.24. The van der Waals surface area contributed by atoms with Gasteiger partial charge in [-0.25, -0.2) is 9.18 Å². The second kappa shape index (κ2) is 5.10. The number of pyridine rings is 2. The second-order valence-electron chi connectivity index (χ2n) is 5.56. The molecule has 1 aliphatic rings. The molecule has 0 aliphatic carbocycles. The SMILES string of the molecule is Cc1c(N2CC[C@H](N)C2)c(F)cn2c(=O)c(C(=O)O)ccc12. The molecule has 3 rings (SSSR count). The fraction of sp³-hybridized carbons (Fsp3) is 0.333. The first-order chi connectivity index (χ1) is 10.4. The predicted molar refractivity (Wildman–Crippen MR) is 80.1 cm³/mol. The number of aromatic carboxylic acids is 1. The Bertz CT molecular complexity index is 831. The van der Waals surface area contributed by atoms with E-state index >= 15 is 0 Å². The summed E-state index contributed by atoms with van der Waals surface area (Å²) in [5.41, 5.74) is 6.27. The quantitative estimate of drug-likeness (QED) is 0.863. The molecule has 1 saturated heterocycles. The van der Waals surface area contributed by atoms with Crippen LogP contribution in [0, 0.1) is 12.7 Å². The van der Waals surface area contributed by atoms with Gasteiger partial charge in [-0.05, 0) is 31.0 Å². The number of fused-ring (bicyclic) bond motifs is 1. The minimum atomic E-state index is -1.33. The molecule has 3 N–H and O–H groups in total. The molecule has 0 unspecified atom stereocenters. The third kappa shape index (κ3) is 2.14. The average Bonchev–Trinajstić information content (AvgIpc) is 2.86. The number of halogens is 1. The van der Waals surface area contributed by atoms with Crippen LogP contribution in [0.5, 0.6) is 0 Å². The zero-order chi connectivity index (χ0) is 16.0. The molecule has 0 aromatic carbocycles. The number of carboxylic acid groups (broad SMARTS) is 1. The van der Waals surface area contributed by atoms with Crippen molar-refractivity contribution in [3.05, 3.63) is 45.6 Å². The number of hydrogen-bond donors (Lipinski definition) is 2. The molecular weight excluding hydrogens is 289 g/mol. The van der Waals surface area contributed by atoms with Crippen LogP contribution in [0.25, 0.3) is 5.52 Å². The van der Waals surface area contributed by atoms with E-state index in [1.807, 2.05) is 4.90 Å². The minimum Gasteiger partial charge on any atom is -0.477 e. The Labute approximate surface area is 125 Å². The van der Waals surface area contributed by atoms with E-state index in [0.29, 0.717) is 29.9 Å². The highest BCUT2D eigenvalue weighted by molar-refractivity contribution is 5.88. The summed E-state index contributed by atoms with van der Waals surface area (Å²) in [6.45, 7) is 2.94. The summed E-state index contributed by atoms with van der Waals surface area (Å²) in [5, 5.41) is 8.99. The molecule has 1 aliphatic heterocycles. The molecule has 0 saturated carbocycles. The van der Waals surface area contributed by atoms with Crippen LogP contribution >= 0.6 is 0 Å². The van der Waals surface area contributed by atoms with Crippen molar-refractivity contribution in [1.29, 1.82) is 0 Å². The number of hydrogen-bond acceptors (Lipinski definition) is 4. The Hall–Kier alpha value is -2.41. The maximum atomic E-state index is 14.5. The van der Waals surface area contributed by atoms with E-state index in [-0.39, 0.29) is 11.6 Å². The number of carbonyl (C=O) groups is 1. The summed E-state index contributed by atoms with van der Waals surface area (Å²) in [5.74, 6) is -1.88. The molecule has 116 valence electrons. The molecule has 0 radical (unpaired) electrons. The van der Waals surface area contributed by atoms with Gasteiger partial charge in [0.1, 0.15) is 5.56 Å². The Kier molecular flexibility index (Phi) is 3.37. The zero-order valence-corrected chi connectivity index (χ0v) is 12.0. The third-order valence-corrected chi connectivity index (χ3v) is 4.10. The lowest BCUT2D eigenvalue weighted by Crippen LogP contribution is -2.28. The topological polar surface area (TPSA) is 88.0 Å². The van der Waals surface area contributed by atoms with Gasteiger partial charge in [0.15, 0.2) is 5.82 Å². The van der Waals surface area contributed by atoms with Crippen LogP contribution in [0.1, 0.15) is 22.3 Å². The molecule has 0 spiro atoms. The lowest BCUT2D eigenvalue weighted by molar-refractivity contribution is 0.0694. The van der Waals surface area contributed by atoms with E-state index in [0.717, 1.165) is 17.0 Å². The first kappa shape index (κ1) is 14.5. The third-order valence-electron chi connectivity index (χ3n) is 4.10. The van der Waals surface area contributed by atoms with E-state index in [4.69, 9.17) is 10.8 Å². The molecule has 7 heteroatoms. The minimum absolute atomic E-state index is 0.00612. The van der Waals surface area contributed by atoms with Crippen molar-refractivity contribution in [2.45, 2.75) is 19.4 Å². The van der Waals surface area contributed by atoms with Gasteiger partial charge in [-0.3, -0.25) is 9.20 Å². The van der Waals surface area contributed by atoms with Crippen LogP contribution in [0.3, 0.4) is 0 Å². The fourth-order valence-corrected chi connectivity index (χ4v) is 3.00. The summed E-state index contributed by atoms with van der Waals surface area (Å²) in [6.07, 6.45) is 1.84. The summed E-state index contributed by atoms with van der Waals surface area (Å²) >= 11 is 0. The highest BCUT2D eigenvalue weighted by atomic mass is 19.1. The van der Waals surface area contributed by atoms with Gasteiger partial charge in [-0.15, -0.1) is 0 Å². The van der Waals surface area contributed by atoms with E-state index in [1.54, 1.807) is 6.92 Å². The predicted octanol–water partition coefficient (Wildman–Crippen LogP) is 0.983. The van der Waals surface area contributed by atoms with Crippen molar-refractivity contribution in [3.8, 4) is 0 Å². The number of rotatable bonds is 2. The highest BCUT2D eigenvalue weighted by Crippen LogP contribution is 2.29. The van der Waals surface area contributed by atoms with Gasteiger partial charge >= 0.3 is 5.97 Å². The number of nitrogens with zero attached hydrogens (tertiary/aromatic N) is 2. The van der Waals surface area contributed by atoms with Crippen molar-refractivity contribution in [2.24, 2.45) is 5.73 Å². The van der Waals surface area contributed by atoms with Gasteiger partial charge in [-0.2, -0.15) is 0 Å². The number of anilines is 1. The molecule has 2 aromatic heterocycles. The van der Waals surface area contributed by atoms with Crippen molar-refractivity contribution < 1.29 is 14.3 Å². The van der Waals surface area contributed by atoms with Gasteiger partial charge in [0.2, 0.25) is 0 Å². The van der Waals surface area contributed by atoms with Crippen LogP contribution in [-0.4, -0.2) is 34.6 Å². The van der Waals surface area contributed by atoms with Gasteiger partial charge in [0.25, 0.3) is 5.56 Å². The largest absolute Gasteiger partial charge is 0.477 e. The molecule has 6 nitrogen and oxygen atoms in total. The Morgan fingerprint density at radius 3 is 2.77 bits per heavy atom. The summed E-state index contributed by atoms with van der Waals surface area (Å²) in [6, 6.07) is 2.79. The zero-order valence-electron chi connectivity index (χ0n) is 12.0. The smallest absolute Gasteiger partial charge is 0.341 e. The molecule has 1 atom stereocenters. The maximum Gasteiger partial charge on any atom is 0.341 e. The summed E-state index contributed by atoms with van der Waals surface area (Å²) in [7, 11) is 0. The number of nitrogens with two attached hydrogens (primary N) is 1. The first-order valence-corrected chi connectivity index (χ1v) is 6.98. The molecular formula is C15H16FN3O3. The van der Waals surface area contributed by atoms with Gasteiger partial charge in [0, 0.05) is 19.1 Å². The standard InChI is InChI=1S/C15H16FN3O3/c1-8-12-3-2-10(15(21)22)14(20)19(12)7-11(16)13(8)18-5-4-9(17)6-18/h2-3,7,9H,4-6,17H2,1H3,(H,21,22)/t9-/m0/s1. The second-order valence-corrected chi connectivity index (χ2v) is 5.56. The van der Waals surface area contributed by atoms with Crippen LogP contribution in [0.15, 0.2) is 23.1 Å². The van der Waals surface area contributed by atoms with Crippen LogP contribution in [0.2, 0.25) is 0 Å². The Morgan fingerprint density at radius 1 is 1.45 bits per heavy atom. The lowest BCUT2D eigenvalue weighted by Gasteiger charge is -2.22. The monoisotopic (exact) mass is 305 g/mol. The fourth-order valence-electron chi connectivity index (χ4n) is 3.00. The van der Waals surface area contributed by atoms with Crippen LogP contribution in [0.4, 0.5) is 10.1 Å². The number of aryl methyl sites for hydroxylation is 1. The lowest BCUT2D eigenvalue weighted by atomic mass is 10.1. The molecule has 2 aromatic rings. The van der Waals surface area contributed by atoms with Gasteiger partial charge < -0.3 is 15.7 Å². The first-order valence-electron chi connectivity index (χ1n) is 6.98. The molecule has 0 bridgehead atoms. The molecule has 0 amide bonds. The molecule has 22 heavy (non-hydrogen) atoms. The van der Waals surface area contributed by atoms with E-state index < -0.39 is 17.3 Å². The van der Waals surface area contributed by atoms with Gasteiger partial charge in [-0.1, -0.05) is 0 Å². The van der Waals surface area contributed by atoms with Crippen molar-refractivity contribution in [2.75, 3.05) is 18.0 Å². The van der Waals surface area contributed by atoms with E-state index in [2.05, 4.69) is 0 Å². The van der Waals surface area contributed by atoms with Crippen molar-refractivity contribution >= 4 is 17.2 Å². The van der Waals surface area contributed by atoms with Crippen molar-refractivity contribution in [1.82, 2.24) is 4.40 Å². The average molecular weight is 305 g/mol. The summed E-state index contributed by atoms with van der Waals surface area (Å²) < 4.78 is 15.5. The molecule has 1 fully saturated rings. The number of carboxylic acids is 1. The van der Waals surface area contributed by atoms with Gasteiger partial charge in [0.05, 0.1) is 17.4 Å². The van der Waals surface area contributed by atoms with Crippen molar-refractivity contribution in [3.63, 3.8) is 0 Å². The van der Waals surface area contributed by atoms with E-state index in [9.17, 15) is 14.0 Å². The highest BCUT2D eigenvalue weighted by Gasteiger charge is 2.25. The maximum absolute atomic E-state index is 14.5.